The van der Waals surface area contributed by atoms with Gasteiger partial charge < -0.3 is 5.11 Å². The standard InChI is InChI=1S/C9H15F3OS/c10-9(11,12)5-1-3-7(13)8-4-2-6-14-8/h7-8,13H,1-6H2. The van der Waals surface area contributed by atoms with Crippen LogP contribution in [0.5, 0.6) is 0 Å². The Labute approximate surface area is 86.1 Å². The van der Waals surface area contributed by atoms with Crippen molar-refractivity contribution in [1.29, 1.82) is 0 Å². The predicted molar refractivity (Wildman–Crippen MR) is 51.4 cm³/mol. The van der Waals surface area contributed by atoms with Crippen molar-refractivity contribution in [2.45, 2.75) is 49.6 Å². The highest BCUT2D eigenvalue weighted by atomic mass is 32.2. The highest BCUT2D eigenvalue weighted by Crippen LogP contribution is 2.31. The van der Waals surface area contributed by atoms with Gasteiger partial charge in [0.15, 0.2) is 0 Å². The smallest absolute Gasteiger partial charge is 0.389 e. The first-order valence-electron chi connectivity index (χ1n) is 4.85. The summed E-state index contributed by atoms with van der Waals surface area (Å²) in [5.41, 5.74) is 0. The number of hydrogen-bond acceptors (Lipinski definition) is 2. The summed E-state index contributed by atoms with van der Waals surface area (Å²) in [4.78, 5) is 0. The molecule has 5 heteroatoms. The molecule has 0 aliphatic carbocycles. The topological polar surface area (TPSA) is 20.2 Å². The molecule has 84 valence electrons. The van der Waals surface area contributed by atoms with Crippen LogP contribution in [-0.2, 0) is 0 Å². The quantitative estimate of drug-likeness (QED) is 0.798. The molecule has 14 heavy (non-hydrogen) atoms. The van der Waals surface area contributed by atoms with E-state index < -0.39 is 18.7 Å². The van der Waals surface area contributed by atoms with Gasteiger partial charge in [0, 0.05) is 11.7 Å². The molecule has 0 saturated carbocycles. The van der Waals surface area contributed by atoms with E-state index in [1.54, 1.807) is 11.8 Å². The van der Waals surface area contributed by atoms with Crippen LogP contribution in [0.2, 0.25) is 0 Å². The van der Waals surface area contributed by atoms with Crippen molar-refractivity contribution in [1.82, 2.24) is 0 Å². The van der Waals surface area contributed by atoms with Crippen molar-refractivity contribution in [2.75, 3.05) is 5.75 Å². The molecule has 0 aromatic rings. The zero-order chi connectivity index (χ0) is 10.6. The van der Waals surface area contributed by atoms with Crippen molar-refractivity contribution < 1.29 is 18.3 Å². The highest BCUT2D eigenvalue weighted by Gasteiger charge is 2.28. The van der Waals surface area contributed by atoms with Gasteiger partial charge in [0.1, 0.15) is 0 Å². The summed E-state index contributed by atoms with van der Waals surface area (Å²) in [5, 5.41) is 9.73. The third kappa shape index (κ3) is 4.55. The number of aliphatic hydroxyl groups excluding tert-OH is 1. The fourth-order valence-electron chi connectivity index (χ4n) is 1.60. The average molecular weight is 228 g/mol. The molecular weight excluding hydrogens is 213 g/mol. The summed E-state index contributed by atoms with van der Waals surface area (Å²) in [5.74, 6) is 1.03. The van der Waals surface area contributed by atoms with Gasteiger partial charge in [-0.1, -0.05) is 0 Å². The van der Waals surface area contributed by atoms with Gasteiger partial charge in [-0.25, -0.2) is 0 Å². The van der Waals surface area contributed by atoms with Gasteiger partial charge in [-0.2, -0.15) is 24.9 Å². The fourth-order valence-corrected chi connectivity index (χ4v) is 2.93. The minimum atomic E-state index is -4.08. The first kappa shape index (κ1) is 12.2. The SMILES string of the molecule is OC(CCCC(F)(F)F)C1CCCS1. The van der Waals surface area contributed by atoms with E-state index in [2.05, 4.69) is 0 Å². The Bertz CT molecular complexity index is 166. The van der Waals surface area contributed by atoms with Crippen LogP contribution in [0.1, 0.15) is 32.1 Å². The number of thioether (sulfide) groups is 1. The number of rotatable bonds is 4. The van der Waals surface area contributed by atoms with Crippen LogP contribution in [0, 0.1) is 0 Å². The first-order chi connectivity index (χ1) is 6.49. The van der Waals surface area contributed by atoms with Crippen LogP contribution in [-0.4, -0.2) is 28.4 Å². The molecule has 1 heterocycles. The summed E-state index contributed by atoms with van der Waals surface area (Å²) >= 11 is 1.68. The minimum absolute atomic E-state index is 0.0434. The molecule has 0 radical (unpaired) electrons. The maximum absolute atomic E-state index is 11.8. The first-order valence-corrected chi connectivity index (χ1v) is 5.90. The zero-order valence-corrected chi connectivity index (χ0v) is 8.70. The molecule has 0 spiro atoms. The summed E-state index contributed by atoms with van der Waals surface area (Å²) in [7, 11) is 0. The maximum atomic E-state index is 11.8. The third-order valence-corrected chi connectivity index (χ3v) is 3.86. The predicted octanol–water partition coefficient (Wildman–Crippen LogP) is 2.98. The molecule has 1 aliphatic heterocycles. The van der Waals surface area contributed by atoms with E-state index in [0.717, 1.165) is 18.6 Å². The minimum Gasteiger partial charge on any atom is -0.392 e. The molecule has 0 aromatic heterocycles. The number of aliphatic hydroxyl groups is 1. The van der Waals surface area contributed by atoms with Crippen molar-refractivity contribution in [3.63, 3.8) is 0 Å². The Morgan fingerprint density at radius 2 is 2.14 bits per heavy atom. The van der Waals surface area contributed by atoms with Crippen molar-refractivity contribution in [3.8, 4) is 0 Å². The van der Waals surface area contributed by atoms with Gasteiger partial charge in [0.05, 0.1) is 6.10 Å². The van der Waals surface area contributed by atoms with Crippen LogP contribution >= 0.6 is 11.8 Å². The van der Waals surface area contributed by atoms with Gasteiger partial charge in [0.2, 0.25) is 0 Å². The molecule has 0 bridgehead atoms. The van der Waals surface area contributed by atoms with Crippen LogP contribution < -0.4 is 0 Å². The molecule has 1 rings (SSSR count). The number of hydrogen-bond donors (Lipinski definition) is 1. The van der Waals surface area contributed by atoms with Crippen LogP contribution in [0.4, 0.5) is 13.2 Å². The highest BCUT2D eigenvalue weighted by molar-refractivity contribution is 8.00. The van der Waals surface area contributed by atoms with Crippen LogP contribution in [0.15, 0.2) is 0 Å². The lowest BCUT2D eigenvalue weighted by molar-refractivity contribution is -0.136. The van der Waals surface area contributed by atoms with Gasteiger partial charge in [-0.05, 0) is 31.4 Å². The van der Waals surface area contributed by atoms with Crippen LogP contribution in [0.3, 0.4) is 0 Å². The molecule has 2 atom stereocenters. The van der Waals surface area contributed by atoms with E-state index >= 15 is 0 Å². The molecular formula is C9H15F3OS. The molecule has 1 N–H and O–H groups in total. The normalized spacial score (nSPS) is 25.3. The molecule has 0 aromatic carbocycles. The summed E-state index contributed by atoms with van der Waals surface area (Å²) in [6, 6.07) is 0. The lowest BCUT2D eigenvalue weighted by Crippen LogP contribution is -2.21. The lowest BCUT2D eigenvalue weighted by Gasteiger charge is -2.17. The van der Waals surface area contributed by atoms with Crippen molar-refractivity contribution >= 4 is 11.8 Å². The average Bonchev–Trinajstić information content (AvgIpc) is 2.53. The molecule has 1 nitrogen and oxygen atoms in total. The van der Waals surface area contributed by atoms with Gasteiger partial charge in [-0.15, -0.1) is 0 Å². The summed E-state index contributed by atoms with van der Waals surface area (Å²) in [6.07, 6.45) is -3.07. The van der Waals surface area contributed by atoms with E-state index in [9.17, 15) is 18.3 Å². The second kappa shape index (κ2) is 5.26. The molecule has 2 unspecified atom stereocenters. The van der Waals surface area contributed by atoms with E-state index in [1.165, 1.54) is 0 Å². The second-order valence-electron chi connectivity index (χ2n) is 3.63. The Morgan fingerprint density at radius 1 is 1.43 bits per heavy atom. The maximum Gasteiger partial charge on any atom is 0.389 e. The Balaban J connectivity index is 2.11. The van der Waals surface area contributed by atoms with Gasteiger partial charge in [-0.3, -0.25) is 0 Å². The van der Waals surface area contributed by atoms with Crippen molar-refractivity contribution in [2.24, 2.45) is 0 Å². The molecule has 1 fully saturated rings. The van der Waals surface area contributed by atoms with E-state index in [-0.39, 0.29) is 18.1 Å². The summed E-state index contributed by atoms with van der Waals surface area (Å²) < 4.78 is 35.4. The zero-order valence-electron chi connectivity index (χ0n) is 7.89. The summed E-state index contributed by atoms with van der Waals surface area (Å²) in [6.45, 7) is 0. The Morgan fingerprint density at radius 3 is 2.64 bits per heavy atom. The molecule has 0 amide bonds. The monoisotopic (exact) mass is 228 g/mol. The lowest BCUT2D eigenvalue weighted by atomic mass is 10.1. The van der Waals surface area contributed by atoms with Crippen molar-refractivity contribution in [3.05, 3.63) is 0 Å². The number of alkyl halides is 3. The van der Waals surface area contributed by atoms with Gasteiger partial charge >= 0.3 is 6.18 Å². The number of halogens is 3. The van der Waals surface area contributed by atoms with E-state index in [4.69, 9.17) is 0 Å². The van der Waals surface area contributed by atoms with E-state index in [0.29, 0.717) is 0 Å². The van der Waals surface area contributed by atoms with Gasteiger partial charge in [0.25, 0.3) is 0 Å². The third-order valence-electron chi connectivity index (χ3n) is 2.35. The molecule has 1 aliphatic rings. The van der Waals surface area contributed by atoms with Crippen LogP contribution in [0.25, 0.3) is 0 Å². The largest absolute Gasteiger partial charge is 0.392 e. The van der Waals surface area contributed by atoms with E-state index in [1.807, 2.05) is 0 Å². The fraction of sp³-hybridized carbons (Fsp3) is 1.00. The Kier molecular flexibility index (Phi) is 4.57. The molecule has 1 saturated heterocycles. The second-order valence-corrected chi connectivity index (χ2v) is 4.97. The Hall–Kier alpha value is 0.100.